The highest BCUT2D eigenvalue weighted by Crippen LogP contribution is 2.33. The molecule has 58 heavy (non-hydrogen) atoms. The fourth-order valence-corrected chi connectivity index (χ4v) is 5.81. The van der Waals surface area contributed by atoms with E-state index in [9.17, 15) is 0 Å². The van der Waals surface area contributed by atoms with E-state index >= 15 is 0 Å². The first-order chi connectivity index (χ1) is 28.9. The Morgan fingerprint density at radius 2 is 0.345 bits per heavy atom. The third-order valence-corrected chi connectivity index (χ3v) is 8.60. The van der Waals surface area contributed by atoms with Crippen molar-refractivity contribution in [2.45, 2.75) is 0 Å². The van der Waals surface area contributed by atoms with Gasteiger partial charge >= 0.3 is 0 Å². The second-order valence-corrected chi connectivity index (χ2v) is 12.7. The molecule has 320 valence electrons. The number of benzene rings is 4. The molecule has 0 saturated carbocycles. The quantitative estimate of drug-likeness (QED) is 0.225. The van der Waals surface area contributed by atoms with Crippen LogP contribution in [0.2, 0.25) is 0 Å². The largest absolute Gasteiger partial charge is 0.491 e. The molecule has 5 rings (SSSR count). The first-order valence-corrected chi connectivity index (χ1v) is 20.2. The van der Waals surface area contributed by atoms with Gasteiger partial charge in [-0.3, -0.25) is 0 Å². The molecule has 1 heterocycles. The summed E-state index contributed by atoms with van der Waals surface area (Å²) in [6.45, 7) is 11.1. The third-order valence-electron chi connectivity index (χ3n) is 8.60. The van der Waals surface area contributed by atoms with Crippen LogP contribution in [0.15, 0.2) is 72.8 Å². The van der Waals surface area contributed by atoms with Crippen LogP contribution in [0.3, 0.4) is 0 Å². The van der Waals surface area contributed by atoms with Crippen molar-refractivity contribution < 1.29 is 66.3 Å². The van der Waals surface area contributed by atoms with Gasteiger partial charge in [-0.15, -0.1) is 0 Å². The monoisotopic (exact) mass is 812 g/mol. The van der Waals surface area contributed by atoms with Gasteiger partial charge in [-0.25, -0.2) is 0 Å². The second-order valence-electron chi connectivity index (χ2n) is 12.7. The smallest absolute Gasteiger partial charge is 0.127 e. The SMILES string of the molecule is c1cc2c3cccc(c3c1)OCCOCCOCCOCCOCCOCCOc1cccc3c(cccc13)OCCOCCOCCOCCOCCOCCO2. The zero-order valence-electron chi connectivity index (χ0n) is 33.6. The number of hydrogen-bond donors (Lipinski definition) is 0. The summed E-state index contributed by atoms with van der Waals surface area (Å²) < 4.78 is 80.5. The van der Waals surface area contributed by atoms with Gasteiger partial charge in [0.2, 0.25) is 0 Å². The maximum atomic E-state index is 6.04. The molecular weight excluding hydrogens is 752 g/mol. The number of hydrogen-bond acceptors (Lipinski definition) is 14. The zero-order chi connectivity index (χ0) is 40.0. The average molecular weight is 813 g/mol. The third kappa shape index (κ3) is 17.6. The van der Waals surface area contributed by atoms with E-state index in [1.165, 1.54) is 0 Å². The Morgan fingerprint density at radius 3 is 0.517 bits per heavy atom. The molecule has 0 fully saturated rings. The minimum atomic E-state index is 0.417. The van der Waals surface area contributed by atoms with Crippen molar-refractivity contribution in [1.82, 2.24) is 0 Å². The van der Waals surface area contributed by atoms with Crippen LogP contribution in [-0.4, -0.2) is 159 Å². The van der Waals surface area contributed by atoms with Gasteiger partial charge in [-0.2, -0.15) is 0 Å². The van der Waals surface area contributed by atoms with E-state index < -0.39 is 0 Å². The number of rotatable bonds is 0. The van der Waals surface area contributed by atoms with E-state index in [0.717, 1.165) is 44.5 Å². The standard InChI is InChI=1S/C44H60O14/c1-5-37-38-6-2-10-42(37)56-34-30-52-26-22-48-18-14-46-16-20-50-24-28-54-32-36-58-44-12-4-7-39-40(44)8-3-11-43(39)57-35-31-53-27-23-49-19-15-45-13-17-47-21-25-51-29-33-55-41(38)9-1/h1-12H,13-36H2. The van der Waals surface area contributed by atoms with Crippen molar-refractivity contribution >= 4 is 21.5 Å². The van der Waals surface area contributed by atoms with Crippen molar-refractivity contribution in [3.63, 3.8) is 0 Å². The molecule has 0 unspecified atom stereocenters. The molecule has 0 aromatic heterocycles. The summed E-state index contributed by atoms with van der Waals surface area (Å²) >= 11 is 0. The molecule has 4 aromatic carbocycles. The Labute approximate surface area is 341 Å². The van der Waals surface area contributed by atoms with Gasteiger partial charge in [0.05, 0.1) is 132 Å². The summed E-state index contributed by atoms with van der Waals surface area (Å²) in [5.41, 5.74) is 0. The van der Waals surface area contributed by atoms with Crippen LogP contribution >= 0.6 is 0 Å². The van der Waals surface area contributed by atoms with E-state index in [4.69, 9.17) is 66.3 Å². The van der Waals surface area contributed by atoms with E-state index in [0.29, 0.717) is 159 Å². The van der Waals surface area contributed by atoms with E-state index in [1.807, 2.05) is 72.8 Å². The molecule has 14 heteroatoms. The first-order valence-electron chi connectivity index (χ1n) is 20.2. The van der Waals surface area contributed by atoms with Crippen molar-refractivity contribution in [1.29, 1.82) is 0 Å². The maximum absolute atomic E-state index is 6.04. The molecule has 14 nitrogen and oxygen atoms in total. The summed E-state index contributed by atoms with van der Waals surface area (Å²) in [6, 6.07) is 23.7. The molecule has 0 amide bonds. The Kier molecular flexibility index (Phi) is 23.0. The summed E-state index contributed by atoms with van der Waals surface area (Å²) in [5, 5.41) is 3.90. The summed E-state index contributed by atoms with van der Waals surface area (Å²) in [5.74, 6) is 3.10. The molecule has 0 radical (unpaired) electrons. The molecular formula is C44H60O14. The molecule has 1 aliphatic heterocycles. The summed E-state index contributed by atoms with van der Waals surface area (Å²) in [6.07, 6.45) is 0. The molecule has 8 bridgehead atoms. The second kappa shape index (κ2) is 29.4. The van der Waals surface area contributed by atoms with E-state index in [1.54, 1.807) is 0 Å². The van der Waals surface area contributed by atoms with Crippen LogP contribution in [0.25, 0.3) is 21.5 Å². The first kappa shape index (κ1) is 45.3. The van der Waals surface area contributed by atoms with E-state index in [2.05, 4.69) is 0 Å². The van der Waals surface area contributed by atoms with Crippen molar-refractivity contribution in [2.24, 2.45) is 0 Å². The van der Waals surface area contributed by atoms with E-state index in [-0.39, 0.29) is 0 Å². The van der Waals surface area contributed by atoms with Crippen LogP contribution < -0.4 is 18.9 Å². The highest BCUT2D eigenvalue weighted by Gasteiger charge is 2.09. The van der Waals surface area contributed by atoms with Gasteiger partial charge in [0.1, 0.15) is 49.4 Å². The fourth-order valence-electron chi connectivity index (χ4n) is 5.81. The Balaban J connectivity index is 0.981. The molecule has 0 aliphatic carbocycles. The van der Waals surface area contributed by atoms with Crippen molar-refractivity contribution in [3.05, 3.63) is 72.8 Å². The van der Waals surface area contributed by atoms with Crippen molar-refractivity contribution in [2.75, 3.05) is 159 Å². The lowest BCUT2D eigenvalue weighted by Gasteiger charge is -2.13. The predicted octanol–water partition coefficient (Wildman–Crippen LogP) is 5.39. The molecule has 0 spiro atoms. The Morgan fingerprint density at radius 1 is 0.190 bits per heavy atom. The molecule has 4 aromatic rings. The van der Waals surface area contributed by atoms with Gasteiger partial charge in [-0.05, 0) is 24.3 Å². The van der Waals surface area contributed by atoms with Crippen LogP contribution in [-0.2, 0) is 47.4 Å². The van der Waals surface area contributed by atoms with Gasteiger partial charge in [0.15, 0.2) is 0 Å². The Bertz CT molecular complexity index is 1420. The van der Waals surface area contributed by atoms with Gasteiger partial charge in [0, 0.05) is 21.5 Å². The predicted molar refractivity (Wildman–Crippen MR) is 218 cm³/mol. The maximum Gasteiger partial charge on any atom is 0.127 e. The lowest BCUT2D eigenvalue weighted by Crippen LogP contribution is -2.15. The molecule has 0 saturated heterocycles. The minimum Gasteiger partial charge on any atom is -0.491 e. The summed E-state index contributed by atoms with van der Waals surface area (Å²) in [7, 11) is 0. The lowest BCUT2D eigenvalue weighted by molar-refractivity contribution is -0.0141. The van der Waals surface area contributed by atoms with Crippen LogP contribution in [0, 0.1) is 0 Å². The highest BCUT2D eigenvalue weighted by atomic mass is 16.6. The molecule has 0 N–H and O–H groups in total. The fraction of sp³-hybridized carbons (Fsp3) is 0.545. The van der Waals surface area contributed by atoms with Gasteiger partial charge < -0.3 is 66.3 Å². The van der Waals surface area contributed by atoms with Crippen LogP contribution in [0.4, 0.5) is 0 Å². The highest BCUT2D eigenvalue weighted by molar-refractivity contribution is 5.93. The normalized spacial score (nSPS) is 19.3. The Hall–Kier alpha value is -3.80. The molecule has 1 aliphatic rings. The van der Waals surface area contributed by atoms with Crippen molar-refractivity contribution in [3.8, 4) is 23.0 Å². The van der Waals surface area contributed by atoms with Crippen LogP contribution in [0.1, 0.15) is 0 Å². The average Bonchev–Trinajstić information content (AvgIpc) is 3.25. The number of ether oxygens (including phenoxy) is 14. The zero-order valence-corrected chi connectivity index (χ0v) is 33.6. The van der Waals surface area contributed by atoms with Gasteiger partial charge in [-0.1, -0.05) is 48.5 Å². The topological polar surface area (TPSA) is 129 Å². The lowest BCUT2D eigenvalue weighted by atomic mass is 10.1. The minimum absolute atomic E-state index is 0.417. The van der Waals surface area contributed by atoms with Crippen LogP contribution in [0.5, 0.6) is 23.0 Å². The summed E-state index contributed by atoms with van der Waals surface area (Å²) in [4.78, 5) is 0. The van der Waals surface area contributed by atoms with Gasteiger partial charge in [0.25, 0.3) is 0 Å². The molecule has 0 atom stereocenters.